The number of aromatic nitrogens is 1. The van der Waals surface area contributed by atoms with E-state index in [1.165, 1.54) is 31.0 Å². The van der Waals surface area contributed by atoms with Gasteiger partial charge >= 0.3 is 0 Å². The number of rotatable bonds is 8. The minimum Gasteiger partial charge on any atom is -0.492 e. The van der Waals surface area contributed by atoms with Gasteiger partial charge in [-0.15, -0.1) is 0 Å². The molecule has 0 atom stereocenters. The van der Waals surface area contributed by atoms with Crippen LogP contribution in [0.15, 0.2) is 48.5 Å². The number of nitrogen functional groups attached to an aromatic ring is 1. The van der Waals surface area contributed by atoms with Crippen LogP contribution in [0.25, 0.3) is 0 Å². The Kier molecular flexibility index (Phi) is 11.8. The lowest BCUT2D eigenvalue weighted by atomic mass is 10.1. The van der Waals surface area contributed by atoms with Crippen LogP contribution in [0.5, 0.6) is 5.75 Å². The molecule has 1 aromatic heterocycles. The molecule has 1 saturated heterocycles. The predicted molar refractivity (Wildman–Crippen MR) is 142 cm³/mol. The monoisotopic (exact) mass is 516 g/mol. The van der Waals surface area contributed by atoms with Crippen molar-refractivity contribution in [1.29, 1.82) is 0 Å². The van der Waals surface area contributed by atoms with E-state index in [4.69, 9.17) is 20.4 Å². The van der Waals surface area contributed by atoms with E-state index < -0.39 is 11.8 Å². The Labute approximate surface area is 214 Å². The number of carboxylic acid groups (broad SMARTS) is 1. The molecule has 3 aromatic rings. The lowest BCUT2D eigenvalue weighted by molar-refractivity contribution is -0.134. The predicted octanol–water partition coefficient (Wildman–Crippen LogP) is 5.43. The number of carboxylic acids is 1. The quantitative estimate of drug-likeness (QED) is 0.339. The number of benzene rings is 2. The third kappa shape index (κ3) is 9.27. The number of carbonyl (C=O) groups excluding carboxylic acids is 1. The third-order valence-electron chi connectivity index (χ3n) is 4.93. The van der Waals surface area contributed by atoms with Gasteiger partial charge in [-0.05, 0) is 62.3 Å². The second kappa shape index (κ2) is 14.8. The molecule has 2 aromatic carbocycles. The fraction of sp³-hybridized carbons (Fsp3) is 0.346. The topological polar surface area (TPSA) is 118 Å². The van der Waals surface area contributed by atoms with E-state index in [1.807, 2.05) is 38.1 Å². The molecule has 4 rings (SSSR count). The molecule has 0 saturated carbocycles. The lowest BCUT2D eigenvalue weighted by Gasteiger charge is -2.15. The Balaban J connectivity index is 0.000000694. The largest absolute Gasteiger partial charge is 0.492 e. The molecule has 0 bridgehead atoms. The van der Waals surface area contributed by atoms with Crippen LogP contribution in [0, 0.1) is 5.82 Å². The van der Waals surface area contributed by atoms with Gasteiger partial charge in [-0.25, -0.2) is 9.37 Å². The van der Waals surface area contributed by atoms with Gasteiger partial charge in [0.15, 0.2) is 5.13 Å². The van der Waals surface area contributed by atoms with Gasteiger partial charge in [0.2, 0.25) is 5.78 Å². The number of hydrogen-bond acceptors (Lipinski definition) is 8. The summed E-state index contributed by atoms with van der Waals surface area (Å²) < 4.78 is 19.2. The van der Waals surface area contributed by atoms with Gasteiger partial charge in [-0.3, -0.25) is 14.5 Å². The van der Waals surface area contributed by atoms with Gasteiger partial charge in [0.25, 0.3) is 5.97 Å². The van der Waals surface area contributed by atoms with Crippen molar-refractivity contribution >= 4 is 39.7 Å². The standard InChI is InChI=1S/C22H23FN4O2S.C2H4O2.C2H6/c23-16-5-3-4-15(14-16)19(28)20-21(24)26-22(30-20)25-17-6-8-18(9-7-17)29-13-12-27-10-1-2-11-27;1-2(3)4;1-2/h3-9,14H,1-2,10-13,24H2,(H,25,26);1H3,(H,3,4);1-2H3. The molecule has 0 aliphatic carbocycles. The molecule has 2 heterocycles. The molecule has 0 radical (unpaired) electrons. The average Bonchev–Trinajstić information content (AvgIpc) is 3.50. The van der Waals surface area contributed by atoms with Crippen LogP contribution in [0.4, 0.5) is 21.0 Å². The maximum absolute atomic E-state index is 13.4. The van der Waals surface area contributed by atoms with E-state index in [9.17, 15) is 9.18 Å². The van der Waals surface area contributed by atoms with Crippen molar-refractivity contribution in [1.82, 2.24) is 9.88 Å². The Bertz CT molecular complexity index is 1110. The maximum atomic E-state index is 13.4. The molecule has 0 unspecified atom stereocenters. The van der Waals surface area contributed by atoms with Crippen LogP contribution in [0.1, 0.15) is 48.8 Å². The minimum atomic E-state index is -0.833. The summed E-state index contributed by atoms with van der Waals surface area (Å²) in [6.07, 6.45) is 2.55. The number of ketones is 1. The minimum absolute atomic E-state index is 0.124. The first-order chi connectivity index (χ1) is 17.3. The molecular weight excluding hydrogens is 483 g/mol. The molecule has 0 amide bonds. The Morgan fingerprint density at radius 3 is 2.42 bits per heavy atom. The summed E-state index contributed by atoms with van der Waals surface area (Å²) in [7, 11) is 0. The molecule has 1 fully saturated rings. The first-order valence-corrected chi connectivity index (χ1v) is 12.6. The van der Waals surface area contributed by atoms with Crippen molar-refractivity contribution in [2.45, 2.75) is 33.6 Å². The van der Waals surface area contributed by atoms with Gasteiger partial charge in [-0.1, -0.05) is 37.3 Å². The van der Waals surface area contributed by atoms with Crippen molar-refractivity contribution in [2.24, 2.45) is 0 Å². The zero-order valence-electron chi connectivity index (χ0n) is 20.8. The smallest absolute Gasteiger partial charge is 0.300 e. The van der Waals surface area contributed by atoms with Crippen molar-refractivity contribution in [3.63, 3.8) is 0 Å². The first-order valence-electron chi connectivity index (χ1n) is 11.8. The Hall–Kier alpha value is -3.50. The second-order valence-electron chi connectivity index (χ2n) is 7.64. The molecule has 8 nitrogen and oxygen atoms in total. The summed E-state index contributed by atoms with van der Waals surface area (Å²) >= 11 is 1.14. The number of nitrogens with zero attached hydrogens (tertiary/aromatic N) is 2. The number of thiazole rings is 1. The van der Waals surface area contributed by atoms with Crippen LogP contribution in [-0.2, 0) is 4.79 Å². The Morgan fingerprint density at radius 2 is 1.81 bits per heavy atom. The molecular formula is C26H33FN4O4S. The average molecular weight is 517 g/mol. The summed E-state index contributed by atoms with van der Waals surface area (Å²) in [5.41, 5.74) is 6.97. The van der Waals surface area contributed by atoms with Gasteiger partial charge in [0.05, 0.1) is 0 Å². The van der Waals surface area contributed by atoms with Gasteiger partial charge < -0.3 is 20.9 Å². The highest BCUT2D eigenvalue weighted by molar-refractivity contribution is 7.18. The number of hydrogen-bond donors (Lipinski definition) is 3. The van der Waals surface area contributed by atoms with Crippen molar-refractivity contribution in [3.05, 3.63) is 64.8 Å². The van der Waals surface area contributed by atoms with Crippen molar-refractivity contribution < 1.29 is 23.8 Å². The number of likely N-dealkylation sites (tertiary alicyclic amines) is 1. The lowest BCUT2D eigenvalue weighted by Crippen LogP contribution is -2.25. The number of anilines is 3. The zero-order chi connectivity index (χ0) is 26.5. The molecule has 4 N–H and O–H groups in total. The number of ether oxygens (including phenoxy) is 1. The number of carbonyl (C=O) groups is 2. The summed E-state index contributed by atoms with van der Waals surface area (Å²) in [4.78, 5) is 28.5. The molecule has 1 aliphatic rings. The highest BCUT2D eigenvalue weighted by atomic mass is 32.1. The fourth-order valence-electron chi connectivity index (χ4n) is 3.37. The number of halogens is 1. The fourth-order valence-corrected chi connectivity index (χ4v) is 4.23. The Morgan fingerprint density at radius 1 is 1.17 bits per heavy atom. The van der Waals surface area contributed by atoms with Gasteiger partial charge in [0, 0.05) is 24.7 Å². The van der Waals surface area contributed by atoms with Gasteiger partial charge in [-0.2, -0.15) is 0 Å². The summed E-state index contributed by atoms with van der Waals surface area (Å²) in [5.74, 6) is -0.719. The van der Waals surface area contributed by atoms with Crippen LogP contribution < -0.4 is 15.8 Å². The van der Waals surface area contributed by atoms with E-state index in [2.05, 4.69) is 15.2 Å². The summed E-state index contributed by atoms with van der Waals surface area (Å²) in [6, 6.07) is 13.1. The maximum Gasteiger partial charge on any atom is 0.300 e. The van der Waals surface area contributed by atoms with Crippen molar-refractivity contribution in [3.8, 4) is 5.75 Å². The second-order valence-corrected chi connectivity index (χ2v) is 8.64. The highest BCUT2D eigenvalue weighted by Crippen LogP contribution is 2.30. The third-order valence-corrected chi connectivity index (χ3v) is 5.91. The van der Waals surface area contributed by atoms with E-state index in [1.54, 1.807) is 6.07 Å². The molecule has 10 heteroatoms. The van der Waals surface area contributed by atoms with Crippen LogP contribution >= 0.6 is 11.3 Å². The van der Waals surface area contributed by atoms with E-state index >= 15 is 0 Å². The SMILES string of the molecule is CC.CC(=O)O.Nc1nc(Nc2ccc(OCCN3CCCC3)cc2)sc1C(=O)c1cccc(F)c1. The number of nitrogens with two attached hydrogens (primary N) is 1. The van der Waals surface area contributed by atoms with Crippen LogP contribution in [0.3, 0.4) is 0 Å². The van der Waals surface area contributed by atoms with Crippen LogP contribution in [-0.4, -0.2) is 53.0 Å². The van der Waals surface area contributed by atoms with E-state index in [0.29, 0.717) is 11.7 Å². The summed E-state index contributed by atoms with van der Waals surface area (Å²) in [5, 5.41) is 11.1. The van der Waals surface area contributed by atoms with E-state index in [-0.39, 0.29) is 22.0 Å². The normalized spacial score (nSPS) is 12.6. The first kappa shape index (κ1) is 28.7. The molecule has 0 spiro atoms. The molecule has 1 aliphatic heterocycles. The number of nitrogens with one attached hydrogen (secondary N) is 1. The number of aliphatic carboxylic acids is 1. The molecule has 36 heavy (non-hydrogen) atoms. The van der Waals surface area contributed by atoms with Crippen molar-refractivity contribution in [2.75, 3.05) is 37.3 Å². The van der Waals surface area contributed by atoms with Gasteiger partial charge in [0.1, 0.15) is 28.9 Å². The molecule has 194 valence electrons. The van der Waals surface area contributed by atoms with E-state index in [0.717, 1.165) is 49.3 Å². The highest BCUT2D eigenvalue weighted by Gasteiger charge is 2.18. The summed E-state index contributed by atoms with van der Waals surface area (Å²) in [6.45, 7) is 9.02. The zero-order valence-corrected chi connectivity index (χ0v) is 21.6. The van der Waals surface area contributed by atoms with Crippen LogP contribution in [0.2, 0.25) is 0 Å².